The first-order chi connectivity index (χ1) is 31.4. The van der Waals surface area contributed by atoms with Crippen LogP contribution in [0.15, 0.2) is 60.9 Å². The fourth-order valence-corrected chi connectivity index (χ4v) is 8.31. The predicted molar refractivity (Wildman–Crippen MR) is 248 cm³/mol. The first-order valence-corrected chi connectivity index (χ1v) is 22.8. The number of imide groups is 1. The lowest BCUT2D eigenvalue weighted by atomic mass is 9.47. The lowest BCUT2D eigenvalue weighted by molar-refractivity contribution is -0.154. The Morgan fingerprint density at radius 3 is 1.91 bits per heavy atom. The van der Waals surface area contributed by atoms with Gasteiger partial charge in [-0.2, -0.15) is 0 Å². The number of terminal acetylenes is 1. The molecule has 2 unspecified atom stereocenters. The van der Waals surface area contributed by atoms with Crippen molar-refractivity contribution in [3.8, 4) is 12.3 Å². The first kappa shape index (κ1) is 52.9. The number of amides is 2. The molecule has 66 heavy (non-hydrogen) atoms. The molecule has 358 valence electrons. The van der Waals surface area contributed by atoms with E-state index in [0.717, 1.165) is 53.0 Å². The Hall–Kier alpha value is -5.76. The summed E-state index contributed by atoms with van der Waals surface area (Å²) < 4.78 is 30.0. The predicted octanol–water partition coefficient (Wildman–Crippen LogP) is 6.51. The highest BCUT2D eigenvalue weighted by Gasteiger charge is 2.68. The zero-order valence-electron chi connectivity index (χ0n) is 40.6. The molecule has 2 aromatic heterocycles. The van der Waals surface area contributed by atoms with Crippen LogP contribution in [0.5, 0.6) is 0 Å². The zero-order chi connectivity index (χ0) is 48.6. The number of hydrogen-bond donors (Lipinski definition) is 0. The maximum atomic E-state index is 13.6. The minimum Gasteiger partial charge on any atom is -0.463 e. The number of benzene rings is 2. The Bertz CT molecular complexity index is 2190. The van der Waals surface area contributed by atoms with E-state index in [1.807, 2.05) is 137 Å². The van der Waals surface area contributed by atoms with Gasteiger partial charge in [-0.3, -0.25) is 28.6 Å². The second kappa shape index (κ2) is 25.2. The topological polar surface area (TPSA) is 179 Å². The summed E-state index contributed by atoms with van der Waals surface area (Å²) in [7, 11) is 1.84. The number of aryl methyl sites for hydroxylation is 3. The van der Waals surface area contributed by atoms with Crippen LogP contribution in [-0.4, -0.2) is 109 Å². The molecule has 0 spiro atoms. The quantitative estimate of drug-likeness (QED) is 0.0485. The zero-order valence-corrected chi connectivity index (χ0v) is 40.6. The average Bonchev–Trinajstić information content (AvgIpc) is 3.98. The molecule has 0 N–H and O–H groups in total. The van der Waals surface area contributed by atoms with Crippen molar-refractivity contribution in [2.45, 2.75) is 137 Å². The van der Waals surface area contributed by atoms with Crippen LogP contribution in [0.4, 0.5) is 0 Å². The van der Waals surface area contributed by atoms with Crippen molar-refractivity contribution >= 4 is 23.8 Å². The van der Waals surface area contributed by atoms with Crippen LogP contribution in [0, 0.1) is 31.1 Å². The molecule has 0 radical (unpaired) electrons. The molecule has 4 aromatic rings. The van der Waals surface area contributed by atoms with Crippen LogP contribution in [0.3, 0.4) is 0 Å². The molecule has 16 nitrogen and oxygen atoms in total. The number of likely N-dealkylation sites (tertiary alicyclic amines) is 1. The van der Waals surface area contributed by atoms with Crippen LogP contribution < -0.4 is 0 Å². The first-order valence-electron chi connectivity index (χ1n) is 22.8. The summed E-state index contributed by atoms with van der Waals surface area (Å²) in [5, 5.41) is 15.5. The molecular formula is C50H69N7O9. The van der Waals surface area contributed by atoms with Crippen molar-refractivity contribution in [1.82, 2.24) is 34.9 Å². The van der Waals surface area contributed by atoms with Gasteiger partial charge in [0, 0.05) is 38.7 Å². The third kappa shape index (κ3) is 13.9. The average molecular weight is 912 g/mol. The highest BCUT2D eigenvalue weighted by molar-refractivity contribution is 6.08. The molecule has 8 rings (SSSR count). The monoisotopic (exact) mass is 912 g/mol. The van der Waals surface area contributed by atoms with E-state index in [9.17, 15) is 19.2 Å². The number of ether oxygens (including phenoxy) is 5. The molecular weight excluding hydrogens is 843 g/mol. The summed E-state index contributed by atoms with van der Waals surface area (Å²) in [4.78, 5) is 52.1. The number of aromatic nitrogens is 6. The second-order valence-corrected chi connectivity index (χ2v) is 17.5. The summed E-state index contributed by atoms with van der Waals surface area (Å²) >= 11 is 0. The van der Waals surface area contributed by atoms with Crippen LogP contribution in [-0.2, 0) is 68.5 Å². The number of carbonyl (C=O) groups excluding carboxylic acids is 4. The van der Waals surface area contributed by atoms with Gasteiger partial charge in [-0.1, -0.05) is 64.9 Å². The summed E-state index contributed by atoms with van der Waals surface area (Å²) in [6, 6.07) is 15.9. The third-order valence-corrected chi connectivity index (χ3v) is 11.0. The maximum absolute atomic E-state index is 13.6. The van der Waals surface area contributed by atoms with E-state index in [2.05, 4.69) is 26.5 Å². The molecule has 16 heteroatoms. The number of hydrogen-bond acceptors (Lipinski definition) is 13. The van der Waals surface area contributed by atoms with E-state index < -0.39 is 23.2 Å². The second-order valence-electron chi connectivity index (χ2n) is 17.5. The normalized spacial score (nSPS) is 18.6. The fourth-order valence-electron chi connectivity index (χ4n) is 8.31. The molecule has 1 aliphatic heterocycles. The van der Waals surface area contributed by atoms with Crippen molar-refractivity contribution in [3.63, 3.8) is 0 Å². The van der Waals surface area contributed by atoms with Gasteiger partial charge in [0.15, 0.2) is 0 Å². The smallest absolute Gasteiger partial charge is 0.332 e. The van der Waals surface area contributed by atoms with Gasteiger partial charge in [-0.25, -0.2) is 4.79 Å². The summed E-state index contributed by atoms with van der Waals surface area (Å²) in [5.74, 6) is 0.216. The number of rotatable bonds is 17. The standard InChI is InChI=1S/C26H27NO5.C11H19N3O2.C7H13N3O.C6H10O/c1-4-27-24(29)22-21-16-9-5-7-11-18(16)26(23(22)25(27)30,19-12-8-6-10-17(19)21)14-32-20(28)13-31-15(2)3;1-9(2)16-11(15)6-4-5-7-14-8-10(3)12-13-14;1-6(2)11-5-7-4-10(3)9-8-7;1-4-5-7-6(2)3/h5-12,15,21-23H,4,13-14H2,1-3H3;8-9H,4-7H2,1-3H3;4,6H,5H2,1-3H3;1,6H,5H2,2-3H3. The lowest BCUT2D eigenvalue weighted by Crippen LogP contribution is -2.56. The largest absolute Gasteiger partial charge is 0.463 e. The van der Waals surface area contributed by atoms with E-state index >= 15 is 0 Å². The van der Waals surface area contributed by atoms with E-state index in [4.69, 9.17) is 30.1 Å². The van der Waals surface area contributed by atoms with Crippen molar-refractivity contribution in [3.05, 3.63) is 94.6 Å². The highest BCUT2D eigenvalue weighted by Crippen LogP contribution is 2.64. The summed E-state index contributed by atoms with van der Waals surface area (Å²) in [5.41, 5.74) is 4.92. The molecule has 1 fully saturated rings. The van der Waals surface area contributed by atoms with E-state index in [0.29, 0.717) is 26.2 Å². The SMILES string of the molecule is C#CCOC(C)C.CC(C)OCc1cn(C)nn1.CCN1C(=O)C2C3c4ccccc4C(COC(=O)COC(C)C)(c4ccccc43)C2C1=O.Cc1cn(CCCCC(=O)OC(C)C)nn1. The van der Waals surface area contributed by atoms with Gasteiger partial charge in [0.2, 0.25) is 11.8 Å². The highest BCUT2D eigenvalue weighted by atomic mass is 16.6. The van der Waals surface area contributed by atoms with Gasteiger partial charge < -0.3 is 23.7 Å². The molecule has 2 aromatic carbocycles. The molecule has 2 amide bonds. The number of nitrogens with zero attached hydrogens (tertiary/aromatic N) is 7. The number of unbranched alkanes of at least 4 members (excludes halogenated alkanes) is 1. The molecule has 2 atom stereocenters. The molecule has 0 saturated carbocycles. The van der Waals surface area contributed by atoms with E-state index in [1.165, 1.54) is 4.90 Å². The van der Waals surface area contributed by atoms with Crippen LogP contribution in [0.25, 0.3) is 0 Å². The third-order valence-electron chi connectivity index (χ3n) is 11.0. The van der Waals surface area contributed by atoms with E-state index in [1.54, 1.807) is 9.36 Å². The van der Waals surface area contributed by atoms with E-state index in [-0.39, 0.29) is 61.3 Å². The Morgan fingerprint density at radius 2 is 1.41 bits per heavy atom. The van der Waals surface area contributed by atoms with Crippen LogP contribution in [0.2, 0.25) is 0 Å². The van der Waals surface area contributed by atoms with Gasteiger partial charge in [0.25, 0.3) is 0 Å². The molecule has 4 aliphatic rings. The Kier molecular flexibility index (Phi) is 20.2. The van der Waals surface area contributed by atoms with Crippen molar-refractivity contribution in [1.29, 1.82) is 0 Å². The van der Waals surface area contributed by atoms with Gasteiger partial charge in [0.05, 0.1) is 60.2 Å². The Labute approximate surface area is 390 Å². The van der Waals surface area contributed by atoms with Crippen molar-refractivity contribution < 1.29 is 42.9 Å². The van der Waals surface area contributed by atoms with Gasteiger partial charge in [-0.05, 0) is 104 Å². The Balaban J connectivity index is 0.000000232. The van der Waals surface area contributed by atoms with Gasteiger partial charge in [-0.15, -0.1) is 16.6 Å². The lowest BCUT2D eigenvalue weighted by Gasteiger charge is -2.53. The summed E-state index contributed by atoms with van der Waals surface area (Å²) in [6.45, 7) is 21.0. The summed E-state index contributed by atoms with van der Waals surface area (Å²) in [6.07, 6.45) is 11.3. The van der Waals surface area contributed by atoms with Crippen LogP contribution >= 0.6 is 0 Å². The minimum absolute atomic E-state index is 0.00816. The minimum atomic E-state index is -0.906. The molecule has 3 aliphatic carbocycles. The number of esters is 2. The Morgan fingerprint density at radius 1 is 0.788 bits per heavy atom. The van der Waals surface area contributed by atoms with Gasteiger partial charge in [0.1, 0.15) is 25.5 Å². The number of carbonyl (C=O) groups is 4. The fraction of sp³-hybridized carbons (Fsp3) is 0.560. The molecule has 3 heterocycles. The van der Waals surface area contributed by atoms with Crippen molar-refractivity contribution in [2.24, 2.45) is 18.9 Å². The van der Waals surface area contributed by atoms with Crippen LogP contribution in [0.1, 0.15) is 121 Å². The maximum Gasteiger partial charge on any atom is 0.332 e. The molecule has 2 bridgehead atoms. The van der Waals surface area contributed by atoms with Crippen molar-refractivity contribution in [2.75, 3.05) is 26.4 Å². The molecule has 1 saturated heterocycles. The van der Waals surface area contributed by atoms with Gasteiger partial charge >= 0.3 is 11.9 Å².